The summed E-state index contributed by atoms with van der Waals surface area (Å²) in [5.41, 5.74) is 2.70. The Morgan fingerprint density at radius 2 is 1.84 bits per heavy atom. The first-order valence-electron chi connectivity index (χ1n) is 14.0. The van der Waals surface area contributed by atoms with Gasteiger partial charge in [-0.2, -0.15) is 9.78 Å². The average molecular weight is 653 g/mol. The lowest BCUT2D eigenvalue weighted by molar-refractivity contribution is 0.263. The van der Waals surface area contributed by atoms with Crippen LogP contribution in [0.1, 0.15) is 23.6 Å². The molecule has 0 fully saturated rings. The molecule has 6 rings (SSSR count). The van der Waals surface area contributed by atoms with Crippen LogP contribution in [0.5, 0.6) is 11.5 Å². The summed E-state index contributed by atoms with van der Waals surface area (Å²) in [5, 5.41) is 5.88. The normalized spacial score (nSPS) is 11.4. The molecule has 220 valence electrons. The van der Waals surface area contributed by atoms with Crippen molar-refractivity contribution < 1.29 is 18.3 Å². The maximum atomic E-state index is 14.3. The maximum absolute atomic E-state index is 14.3. The number of ether oxygens (including phenoxy) is 2. The molecule has 0 unspecified atom stereocenters. The van der Waals surface area contributed by atoms with Crippen molar-refractivity contribution in [2.75, 3.05) is 6.61 Å². The minimum absolute atomic E-state index is 0.0277. The van der Waals surface area contributed by atoms with Crippen LogP contribution in [0.3, 0.4) is 0 Å². The Morgan fingerprint density at radius 3 is 2.66 bits per heavy atom. The predicted molar refractivity (Wildman–Crippen MR) is 174 cm³/mol. The zero-order valence-corrected chi connectivity index (χ0v) is 25.4. The van der Waals surface area contributed by atoms with E-state index in [2.05, 4.69) is 27.6 Å². The van der Waals surface area contributed by atoms with Crippen molar-refractivity contribution in [1.29, 1.82) is 0 Å². The first kappa shape index (κ1) is 29.1. The Bertz CT molecular complexity index is 2100. The molecule has 0 saturated heterocycles. The van der Waals surface area contributed by atoms with E-state index in [0.717, 1.165) is 15.4 Å². The van der Waals surface area contributed by atoms with Gasteiger partial charge in [0.05, 0.1) is 23.7 Å². The van der Waals surface area contributed by atoms with Gasteiger partial charge in [0.15, 0.2) is 17.3 Å². The Kier molecular flexibility index (Phi) is 8.38. The van der Waals surface area contributed by atoms with Crippen LogP contribution in [-0.2, 0) is 13.0 Å². The highest BCUT2D eigenvalue weighted by atomic mass is 79.9. The zero-order valence-electron chi connectivity index (χ0n) is 23.8. The molecule has 2 aromatic heterocycles. The number of allylic oxidation sites excluding steroid dienone is 1. The quantitative estimate of drug-likeness (QED) is 0.110. The molecule has 4 aromatic carbocycles. The highest BCUT2D eigenvalue weighted by Crippen LogP contribution is 2.35. The van der Waals surface area contributed by atoms with Crippen molar-refractivity contribution in [1.82, 2.24) is 9.66 Å². The maximum Gasteiger partial charge on any atom is 0.282 e. The minimum Gasteiger partial charge on any atom is -0.490 e. The summed E-state index contributed by atoms with van der Waals surface area (Å²) in [6.45, 7) is 6.16. The average Bonchev–Trinajstić information content (AvgIpc) is 3.44. The van der Waals surface area contributed by atoms with Crippen LogP contribution in [-0.4, -0.2) is 22.5 Å². The van der Waals surface area contributed by atoms with Gasteiger partial charge in [-0.25, -0.2) is 9.37 Å². The smallest absolute Gasteiger partial charge is 0.282 e. The Balaban J connectivity index is 1.44. The number of rotatable bonds is 10. The molecule has 0 radical (unpaired) electrons. The van der Waals surface area contributed by atoms with Gasteiger partial charge in [-0.05, 0) is 73.5 Å². The third kappa shape index (κ3) is 5.91. The van der Waals surface area contributed by atoms with Gasteiger partial charge in [-0.1, -0.05) is 52.3 Å². The molecular weight excluding hydrogens is 625 g/mol. The van der Waals surface area contributed by atoms with Crippen molar-refractivity contribution in [2.24, 2.45) is 5.10 Å². The van der Waals surface area contributed by atoms with Gasteiger partial charge in [-0.3, -0.25) is 4.79 Å². The fraction of sp³-hybridized carbons (Fsp3) is 0.114. The van der Waals surface area contributed by atoms with Crippen molar-refractivity contribution in [3.05, 3.63) is 135 Å². The summed E-state index contributed by atoms with van der Waals surface area (Å²) >= 11 is 3.49. The number of benzene rings is 4. The fourth-order valence-electron chi connectivity index (χ4n) is 4.90. The molecular formula is C35H27BrFN3O4. The zero-order chi connectivity index (χ0) is 30.6. The predicted octanol–water partition coefficient (Wildman–Crippen LogP) is 8.30. The van der Waals surface area contributed by atoms with E-state index in [4.69, 9.17) is 18.9 Å². The van der Waals surface area contributed by atoms with Crippen LogP contribution in [0.2, 0.25) is 0 Å². The molecule has 2 heterocycles. The Hall–Kier alpha value is -5.02. The van der Waals surface area contributed by atoms with Gasteiger partial charge >= 0.3 is 0 Å². The molecule has 9 heteroatoms. The molecule has 0 aliphatic rings. The largest absolute Gasteiger partial charge is 0.490 e. The van der Waals surface area contributed by atoms with Crippen molar-refractivity contribution >= 4 is 44.0 Å². The third-order valence-electron chi connectivity index (χ3n) is 6.92. The van der Waals surface area contributed by atoms with Gasteiger partial charge in [0.2, 0.25) is 5.82 Å². The molecule has 44 heavy (non-hydrogen) atoms. The van der Waals surface area contributed by atoms with E-state index < -0.39 is 0 Å². The van der Waals surface area contributed by atoms with Crippen LogP contribution in [0.25, 0.3) is 33.5 Å². The van der Waals surface area contributed by atoms with Crippen molar-refractivity contribution in [2.45, 2.75) is 20.0 Å². The summed E-state index contributed by atoms with van der Waals surface area (Å²) in [7, 11) is 0. The summed E-state index contributed by atoms with van der Waals surface area (Å²) < 4.78 is 34.6. The van der Waals surface area contributed by atoms with E-state index in [1.807, 2.05) is 43.3 Å². The lowest BCUT2D eigenvalue weighted by Crippen LogP contribution is -2.20. The molecule has 0 N–H and O–H groups in total. The first-order chi connectivity index (χ1) is 21.4. The van der Waals surface area contributed by atoms with Gasteiger partial charge in [0, 0.05) is 21.0 Å². The van der Waals surface area contributed by atoms with Crippen molar-refractivity contribution in [3.8, 4) is 23.1 Å². The summed E-state index contributed by atoms with van der Waals surface area (Å²) in [6.07, 6.45) is 3.78. The molecule has 0 aliphatic carbocycles. The SMILES string of the molecule is C=CCc1cc(C=Nn2c(-c3cc4cc(Br)ccc4o3)nc3ccccc3c2=O)cc(OCC)c1OCc1ccccc1F. The van der Waals surface area contributed by atoms with Gasteiger partial charge < -0.3 is 13.9 Å². The molecule has 6 aromatic rings. The molecule has 7 nitrogen and oxygen atoms in total. The molecule has 0 atom stereocenters. The lowest BCUT2D eigenvalue weighted by Gasteiger charge is -2.17. The molecule has 0 spiro atoms. The lowest BCUT2D eigenvalue weighted by atomic mass is 10.1. The second-order valence-electron chi connectivity index (χ2n) is 9.92. The van der Waals surface area contributed by atoms with Crippen LogP contribution in [0.15, 0.2) is 116 Å². The number of fused-ring (bicyclic) bond motifs is 2. The van der Waals surface area contributed by atoms with E-state index >= 15 is 0 Å². The Labute approximate surface area is 261 Å². The summed E-state index contributed by atoms with van der Waals surface area (Å²) in [4.78, 5) is 18.5. The number of furan rings is 1. The van der Waals surface area contributed by atoms with E-state index in [1.54, 1.807) is 54.8 Å². The van der Waals surface area contributed by atoms with Gasteiger partial charge in [-0.15, -0.1) is 6.58 Å². The summed E-state index contributed by atoms with van der Waals surface area (Å²) in [5.74, 6) is 1.28. The minimum atomic E-state index is -0.346. The van der Waals surface area contributed by atoms with Gasteiger partial charge in [0.25, 0.3) is 5.56 Å². The monoisotopic (exact) mass is 651 g/mol. The van der Waals surface area contributed by atoms with Crippen molar-refractivity contribution in [3.63, 3.8) is 0 Å². The number of halogens is 2. The third-order valence-corrected chi connectivity index (χ3v) is 7.42. The number of nitrogens with zero attached hydrogens (tertiary/aromatic N) is 3. The number of para-hydroxylation sites is 1. The van der Waals surface area contributed by atoms with Crippen LogP contribution < -0.4 is 15.0 Å². The molecule has 0 aliphatic heterocycles. The molecule has 0 bridgehead atoms. The Morgan fingerprint density at radius 1 is 1.02 bits per heavy atom. The van der Waals surface area contributed by atoms with E-state index in [0.29, 0.717) is 57.9 Å². The number of hydrogen-bond donors (Lipinski definition) is 0. The second kappa shape index (κ2) is 12.7. The highest BCUT2D eigenvalue weighted by Gasteiger charge is 2.18. The van der Waals surface area contributed by atoms with E-state index in [-0.39, 0.29) is 23.8 Å². The molecule has 0 saturated carbocycles. The standard InChI is InChI=1S/C35H27BrFN3O4/c1-3-9-23-16-22(17-31(42-4-2)33(23)43-21-24-10-5-7-12-28(24)37)20-38-40-34(39-29-13-8-6-11-27(29)35(40)41)32-19-25-18-26(36)14-15-30(25)44-32/h3,5-8,10-20H,1,4,9,21H2,2H3. The topological polar surface area (TPSA) is 78.9 Å². The fourth-order valence-corrected chi connectivity index (χ4v) is 5.28. The number of aromatic nitrogens is 2. The van der Waals surface area contributed by atoms with E-state index in [1.165, 1.54) is 10.7 Å². The highest BCUT2D eigenvalue weighted by molar-refractivity contribution is 9.10. The van der Waals surface area contributed by atoms with E-state index in [9.17, 15) is 9.18 Å². The first-order valence-corrected chi connectivity index (χ1v) is 14.8. The molecule has 0 amide bonds. The second-order valence-corrected chi connectivity index (χ2v) is 10.8. The summed E-state index contributed by atoms with van der Waals surface area (Å²) in [6, 6.07) is 24.7. The van der Waals surface area contributed by atoms with Crippen LogP contribution in [0, 0.1) is 5.82 Å². The van der Waals surface area contributed by atoms with Gasteiger partial charge in [0.1, 0.15) is 18.0 Å². The van der Waals surface area contributed by atoms with Crippen LogP contribution in [0.4, 0.5) is 4.39 Å². The van der Waals surface area contributed by atoms with Crippen LogP contribution >= 0.6 is 15.9 Å². The number of hydrogen-bond acceptors (Lipinski definition) is 6.